The van der Waals surface area contributed by atoms with Gasteiger partial charge in [0.1, 0.15) is 83.3 Å². The summed E-state index contributed by atoms with van der Waals surface area (Å²) in [4.78, 5) is 13.3. The molecule has 1 aromatic heterocycles. The molecule has 228 valence electrons. The van der Waals surface area contributed by atoms with Crippen LogP contribution < -0.4 is 14.9 Å². The standard InChI is InChI=1S/C27H30O15/c28-7-16-20(32)22(34)24(36)26(41-16)39-11-3-1-10(2-4-11)13-9-38-15-6-12(5-14(30)18(15)19(13)31)40-27-25(37)23(35)21(33)17(8-29)42-27/h1-6,9,16-17,20-30,32-37H,7-8H2/t16-,17-,20+,21+,22-,23-,24-,25-,26+,27+/m0/s1. The topological polar surface area (TPSA) is 249 Å². The van der Waals surface area contributed by atoms with Gasteiger partial charge in [-0.2, -0.15) is 0 Å². The van der Waals surface area contributed by atoms with Crippen molar-refractivity contribution in [3.8, 4) is 28.4 Å². The van der Waals surface area contributed by atoms with Gasteiger partial charge in [0.25, 0.3) is 0 Å². The Morgan fingerprint density at radius 2 is 1.21 bits per heavy atom. The normalized spacial score (nSPS) is 33.4. The molecule has 0 aliphatic carbocycles. The Morgan fingerprint density at radius 3 is 1.74 bits per heavy atom. The molecule has 42 heavy (non-hydrogen) atoms. The van der Waals surface area contributed by atoms with Gasteiger partial charge < -0.3 is 69.3 Å². The lowest BCUT2D eigenvalue weighted by Gasteiger charge is -2.39. The lowest BCUT2D eigenvalue weighted by atomic mass is 9.99. The zero-order valence-electron chi connectivity index (χ0n) is 21.7. The third kappa shape index (κ3) is 5.55. The summed E-state index contributed by atoms with van der Waals surface area (Å²) in [5.74, 6) is -0.453. The molecule has 15 heteroatoms. The molecule has 2 aliphatic heterocycles. The number of phenolic OH excluding ortho intramolecular Hbond substituents is 1. The lowest BCUT2D eigenvalue weighted by Crippen LogP contribution is -2.60. The molecule has 0 bridgehead atoms. The number of hydrogen-bond acceptors (Lipinski definition) is 15. The first-order chi connectivity index (χ1) is 20.0. The van der Waals surface area contributed by atoms with E-state index in [-0.39, 0.29) is 28.0 Å². The number of aliphatic hydroxyl groups excluding tert-OH is 8. The Hall–Kier alpha value is -3.35. The molecule has 2 saturated heterocycles. The molecule has 2 fully saturated rings. The number of benzene rings is 2. The zero-order chi connectivity index (χ0) is 30.3. The van der Waals surface area contributed by atoms with E-state index in [4.69, 9.17) is 23.4 Å². The van der Waals surface area contributed by atoms with Gasteiger partial charge >= 0.3 is 0 Å². The number of hydrogen-bond donors (Lipinski definition) is 9. The Kier molecular flexibility index (Phi) is 8.68. The predicted molar refractivity (Wildman–Crippen MR) is 138 cm³/mol. The number of fused-ring (bicyclic) bond motifs is 1. The molecule has 5 rings (SSSR count). The van der Waals surface area contributed by atoms with Crippen LogP contribution in [-0.4, -0.2) is 121 Å². The summed E-state index contributed by atoms with van der Waals surface area (Å²) in [5, 5.41) is 89.2. The monoisotopic (exact) mass is 594 g/mol. The Bertz CT molecular complexity index is 1440. The first-order valence-corrected chi connectivity index (χ1v) is 12.9. The van der Waals surface area contributed by atoms with Gasteiger partial charge in [-0.25, -0.2) is 0 Å². The maximum Gasteiger partial charge on any atom is 0.229 e. The minimum absolute atomic E-state index is 0.0693. The van der Waals surface area contributed by atoms with Crippen LogP contribution in [0.5, 0.6) is 17.2 Å². The van der Waals surface area contributed by atoms with E-state index in [1.165, 1.54) is 30.3 Å². The van der Waals surface area contributed by atoms with Gasteiger partial charge in [-0.1, -0.05) is 12.1 Å². The highest BCUT2D eigenvalue weighted by atomic mass is 16.7. The molecule has 2 aromatic carbocycles. The van der Waals surface area contributed by atoms with E-state index >= 15 is 0 Å². The maximum absolute atomic E-state index is 13.3. The average molecular weight is 595 g/mol. The molecule has 0 unspecified atom stereocenters. The zero-order valence-corrected chi connectivity index (χ0v) is 21.7. The fourth-order valence-corrected chi connectivity index (χ4v) is 4.79. The van der Waals surface area contributed by atoms with E-state index < -0.39 is 85.8 Å². The van der Waals surface area contributed by atoms with E-state index in [1.54, 1.807) is 0 Å². The van der Waals surface area contributed by atoms with Crippen molar-refractivity contribution in [2.45, 2.75) is 61.4 Å². The van der Waals surface area contributed by atoms with Gasteiger partial charge in [0.2, 0.25) is 18.0 Å². The molecule has 3 aromatic rings. The van der Waals surface area contributed by atoms with Crippen LogP contribution in [0, 0.1) is 0 Å². The number of aliphatic hydroxyl groups is 8. The van der Waals surface area contributed by atoms with Crippen LogP contribution in [0.3, 0.4) is 0 Å². The van der Waals surface area contributed by atoms with E-state index in [2.05, 4.69) is 0 Å². The first-order valence-electron chi connectivity index (χ1n) is 12.9. The average Bonchev–Trinajstić information content (AvgIpc) is 2.98. The molecule has 0 saturated carbocycles. The highest BCUT2D eigenvalue weighted by Crippen LogP contribution is 2.33. The molecular formula is C27H30O15. The van der Waals surface area contributed by atoms with Crippen molar-refractivity contribution in [2.75, 3.05) is 13.2 Å². The summed E-state index contributed by atoms with van der Waals surface area (Å²) in [6.07, 6.45) is -13.8. The molecule has 0 amide bonds. The van der Waals surface area contributed by atoms with Crippen molar-refractivity contribution in [1.82, 2.24) is 0 Å². The van der Waals surface area contributed by atoms with E-state index in [0.717, 1.165) is 12.3 Å². The maximum atomic E-state index is 13.3. The number of ether oxygens (including phenoxy) is 4. The van der Waals surface area contributed by atoms with Crippen LogP contribution in [0.25, 0.3) is 22.1 Å². The molecule has 15 nitrogen and oxygen atoms in total. The largest absolute Gasteiger partial charge is 0.507 e. The second kappa shape index (κ2) is 12.1. The molecule has 3 heterocycles. The second-order valence-electron chi connectivity index (χ2n) is 9.95. The van der Waals surface area contributed by atoms with Crippen molar-refractivity contribution < 1.29 is 69.3 Å². The molecular weight excluding hydrogens is 564 g/mol. The second-order valence-corrected chi connectivity index (χ2v) is 9.95. The Labute approximate surface area is 236 Å². The molecule has 9 N–H and O–H groups in total. The summed E-state index contributed by atoms with van der Waals surface area (Å²) < 4.78 is 27.3. The number of phenols is 1. The Morgan fingerprint density at radius 1 is 0.690 bits per heavy atom. The van der Waals surface area contributed by atoms with Crippen LogP contribution in [0.4, 0.5) is 0 Å². The molecule has 0 spiro atoms. The van der Waals surface area contributed by atoms with Crippen molar-refractivity contribution in [2.24, 2.45) is 0 Å². The van der Waals surface area contributed by atoms with Crippen LogP contribution in [0.2, 0.25) is 0 Å². The van der Waals surface area contributed by atoms with Gasteiger partial charge in [0.15, 0.2) is 0 Å². The van der Waals surface area contributed by atoms with Crippen molar-refractivity contribution in [1.29, 1.82) is 0 Å². The van der Waals surface area contributed by atoms with Gasteiger partial charge in [-0.3, -0.25) is 4.79 Å². The summed E-state index contributed by atoms with van der Waals surface area (Å²) >= 11 is 0. The SMILES string of the molecule is O=c1c(-c2ccc(O[C@@H]3O[C@@H](CO)[C@@H](O)[C@H](O)[C@@H]3O)cc2)coc2cc(O[C@@H]3O[C@@H](CO)[C@@H](O)[C@H](O)[C@@H]3O)cc(O)c12. The van der Waals surface area contributed by atoms with Crippen LogP contribution in [0.1, 0.15) is 0 Å². The Balaban J connectivity index is 1.35. The quantitative estimate of drug-likeness (QED) is 0.137. The minimum Gasteiger partial charge on any atom is -0.507 e. The first kappa shape index (κ1) is 30.1. The number of aromatic hydroxyl groups is 1. The molecule has 2 aliphatic rings. The fourth-order valence-electron chi connectivity index (χ4n) is 4.79. The van der Waals surface area contributed by atoms with Crippen molar-refractivity contribution in [3.63, 3.8) is 0 Å². The summed E-state index contributed by atoms with van der Waals surface area (Å²) in [7, 11) is 0. The third-order valence-corrected chi connectivity index (χ3v) is 7.20. The van der Waals surface area contributed by atoms with Crippen LogP contribution in [-0.2, 0) is 9.47 Å². The minimum atomic E-state index is -1.69. The summed E-state index contributed by atoms with van der Waals surface area (Å²) in [6, 6.07) is 8.19. The van der Waals surface area contributed by atoms with Crippen LogP contribution >= 0.6 is 0 Å². The van der Waals surface area contributed by atoms with Crippen molar-refractivity contribution >= 4 is 11.0 Å². The van der Waals surface area contributed by atoms with Gasteiger partial charge in [0, 0.05) is 12.1 Å². The van der Waals surface area contributed by atoms with Gasteiger partial charge in [-0.05, 0) is 17.7 Å². The number of rotatable bonds is 7. The summed E-state index contributed by atoms with van der Waals surface area (Å²) in [5.41, 5.74) is -0.241. The third-order valence-electron chi connectivity index (χ3n) is 7.20. The molecule has 0 radical (unpaired) electrons. The molecule has 10 atom stereocenters. The smallest absolute Gasteiger partial charge is 0.229 e. The summed E-state index contributed by atoms with van der Waals surface area (Å²) in [6.45, 7) is -1.28. The highest BCUT2D eigenvalue weighted by molar-refractivity contribution is 5.88. The van der Waals surface area contributed by atoms with Gasteiger partial charge in [-0.15, -0.1) is 0 Å². The van der Waals surface area contributed by atoms with E-state index in [1.807, 2.05) is 0 Å². The van der Waals surface area contributed by atoms with Gasteiger partial charge in [0.05, 0.1) is 18.8 Å². The van der Waals surface area contributed by atoms with Crippen molar-refractivity contribution in [3.05, 3.63) is 52.9 Å². The van der Waals surface area contributed by atoms with Crippen LogP contribution in [0.15, 0.2) is 51.9 Å². The highest BCUT2D eigenvalue weighted by Gasteiger charge is 2.45. The van der Waals surface area contributed by atoms with E-state index in [9.17, 15) is 50.8 Å². The predicted octanol–water partition coefficient (Wildman–Crippen LogP) is -2.48. The lowest BCUT2D eigenvalue weighted by molar-refractivity contribution is -0.277. The van der Waals surface area contributed by atoms with E-state index in [0.29, 0.717) is 5.56 Å². The fraction of sp³-hybridized carbons (Fsp3) is 0.444.